The van der Waals surface area contributed by atoms with Crippen LogP contribution in [0.1, 0.15) is 50.2 Å². The number of hydrogen-bond acceptors (Lipinski definition) is 3. The molecule has 1 heterocycles. The lowest BCUT2D eigenvalue weighted by Crippen LogP contribution is -2.20. The molecule has 0 aromatic heterocycles. The highest BCUT2D eigenvalue weighted by atomic mass is 14.8. The predicted molar refractivity (Wildman–Crippen MR) is 210 cm³/mol. The van der Waals surface area contributed by atoms with Crippen molar-refractivity contribution >= 4 is 23.7 Å². The Kier molecular flexibility index (Phi) is 10.2. The van der Waals surface area contributed by atoms with Crippen molar-refractivity contribution in [3.8, 4) is 0 Å². The summed E-state index contributed by atoms with van der Waals surface area (Å²) in [5.41, 5.74) is 14.1. The topological polar surface area (TPSA) is 37.1 Å². The van der Waals surface area contributed by atoms with Gasteiger partial charge in [-0.3, -0.25) is 15.0 Å². The summed E-state index contributed by atoms with van der Waals surface area (Å²) in [6.07, 6.45) is 47.4. The second kappa shape index (κ2) is 15.4. The van der Waals surface area contributed by atoms with Gasteiger partial charge in [-0.05, 0) is 109 Å². The second-order valence-electron chi connectivity index (χ2n) is 13.3. The van der Waals surface area contributed by atoms with E-state index in [9.17, 15) is 0 Å². The maximum Gasteiger partial charge on any atom is 0.0704 e. The van der Waals surface area contributed by atoms with Gasteiger partial charge in [0.1, 0.15) is 0 Å². The molecule has 3 atom stereocenters. The smallest absolute Gasteiger partial charge is 0.0704 e. The van der Waals surface area contributed by atoms with E-state index >= 15 is 0 Å². The van der Waals surface area contributed by atoms with Crippen LogP contribution in [0.15, 0.2) is 188 Å². The zero-order chi connectivity index (χ0) is 33.4. The van der Waals surface area contributed by atoms with Gasteiger partial charge in [0, 0.05) is 42.1 Å². The number of dihydropyridines is 1. The molecule has 1 aliphatic heterocycles. The van der Waals surface area contributed by atoms with E-state index in [4.69, 9.17) is 9.98 Å². The standard InChI is InChI=1S/C46H45N3/c1-3-4-5-6-10-21-39(31-44(47-2)35-16-8-7-9-17-35)48-32-33-25-27-34(28-26-33)36-19-15-20-38(29-36)46-42-30-37-18-11-12-22-40(37)45(42)41-23-13-14-24-43(41)49-46/h3-14,16,18-19,21-22,24-25,27-29,31,33,35,41H,2,15,17,20,23,26,30,32H2,1H3/b4-3-,6-5-,21-10+,44-31-,48-39-. The molecule has 7 rings (SSSR count). The molecule has 0 bridgehead atoms. The van der Waals surface area contributed by atoms with Crippen LogP contribution in [-0.2, 0) is 6.42 Å². The van der Waals surface area contributed by atoms with Crippen LogP contribution in [0.4, 0.5) is 0 Å². The summed E-state index contributed by atoms with van der Waals surface area (Å²) in [6.45, 7) is 6.61. The highest BCUT2D eigenvalue weighted by molar-refractivity contribution is 6.20. The molecule has 5 aliphatic carbocycles. The first-order valence-corrected chi connectivity index (χ1v) is 17.8. The molecule has 0 fully saturated rings. The van der Waals surface area contributed by atoms with Gasteiger partial charge < -0.3 is 0 Å². The van der Waals surface area contributed by atoms with Gasteiger partial charge in [0.05, 0.1) is 11.4 Å². The normalized spacial score (nSPS) is 24.9. The van der Waals surface area contributed by atoms with Crippen LogP contribution < -0.4 is 0 Å². The van der Waals surface area contributed by atoms with E-state index in [1.54, 1.807) is 0 Å². The molecule has 3 unspecified atom stereocenters. The minimum Gasteiger partial charge on any atom is -0.285 e. The van der Waals surface area contributed by atoms with Gasteiger partial charge >= 0.3 is 0 Å². The Morgan fingerprint density at radius 2 is 1.86 bits per heavy atom. The van der Waals surface area contributed by atoms with Crippen molar-refractivity contribution in [1.82, 2.24) is 0 Å². The van der Waals surface area contributed by atoms with Crippen LogP contribution >= 0.6 is 0 Å². The van der Waals surface area contributed by atoms with Crippen molar-refractivity contribution in [2.75, 3.05) is 6.54 Å². The highest BCUT2D eigenvalue weighted by Gasteiger charge is 2.36. The maximum atomic E-state index is 5.36. The SMILES string of the molecule is C=N\C(=C/C(/C=C/C=C\C=C/C)=N\CC1C=CC(C2=CCCC(C3=NC4=CC=CCC4C4=C3Cc3ccccc34)=C2)=CC1)C1C=CC=CC1. The predicted octanol–water partition coefficient (Wildman–Crippen LogP) is 10.9. The summed E-state index contributed by atoms with van der Waals surface area (Å²) in [5.74, 6) is 0.947. The van der Waals surface area contributed by atoms with E-state index in [2.05, 4.69) is 121 Å². The largest absolute Gasteiger partial charge is 0.285 e. The Hall–Kier alpha value is -5.15. The van der Waals surface area contributed by atoms with E-state index < -0.39 is 0 Å². The summed E-state index contributed by atoms with van der Waals surface area (Å²) in [7, 11) is 0. The molecule has 0 saturated heterocycles. The van der Waals surface area contributed by atoms with E-state index in [-0.39, 0.29) is 5.92 Å². The van der Waals surface area contributed by atoms with Crippen LogP contribution in [0.3, 0.4) is 0 Å². The fourth-order valence-electron chi connectivity index (χ4n) is 7.54. The monoisotopic (exact) mass is 639 g/mol. The first-order valence-electron chi connectivity index (χ1n) is 17.8. The number of allylic oxidation sites excluding steroid dienone is 23. The Balaban J connectivity index is 1.08. The third-order valence-corrected chi connectivity index (χ3v) is 10.1. The molecule has 3 heteroatoms. The molecule has 0 saturated carbocycles. The van der Waals surface area contributed by atoms with Gasteiger partial charge in [0.25, 0.3) is 0 Å². The van der Waals surface area contributed by atoms with E-state index in [0.29, 0.717) is 11.8 Å². The molecule has 0 amide bonds. The summed E-state index contributed by atoms with van der Waals surface area (Å²) in [6, 6.07) is 8.97. The first kappa shape index (κ1) is 32.4. The van der Waals surface area contributed by atoms with Gasteiger partial charge in [-0.1, -0.05) is 115 Å². The molecule has 1 aromatic rings. The molecule has 3 nitrogen and oxygen atoms in total. The molecule has 6 aliphatic rings. The van der Waals surface area contributed by atoms with Gasteiger partial charge in [-0.25, -0.2) is 0 Å². The van der Waals surface area contributed by atoms with Crippen LogP contribution in [0.2, 0.25) is 0 Å². The molecular weight excluding hydrogens is 595 g/mol. The number of nitrogens with zero attached hydrogens (tertiary/aromatic N) is 3. The molecule has 1 aromatic carbocycles. The fraction of sp³-hybridized carbons (Fsp3) is 0.239. The van der Waals surface area contributed by atoms with Crippen molar-refractivity contribution < 1.29 is 0 Å². The lowest BCUT2D eigenvalue weighted by Gasteiger charge is -2.29. The Bertz CT molecular complexity index is 1960. The minimum absolute atomic E-state index is 0.227. The van der Waals surface area contributed by atoms with Gasteiger partial charge in [0.2, 0.25) is 0 Å². The number of aliphatic imine (C=N–C) groups is 3. The fourth-order valence-corrected chi connectivity index (χ4v) is 7.54. The number of hydrogen-bond donors (Lipinski definition) is 0. The van der Waals surface area contributed by atoms with Crippen LogP contribution in [0.25, 0.3) is 5.57 Å². The number of benzene rings is 1. The zero-order valence-electron chi connectivity index (χ0n) is 28.5. The van der Waals surface area contributed by atoms with Gasteiger partial charge in [0.15, 0.2) is 0 Å². The van der Waals surface area contributed by atoms with Crippen molar-refractivity contribution in [2.24, 2.45) is 32.7 Å². The van der Waals surface area contributed by atoms with Gasteiger partial charge in [-0.2, -0.15) is 0 Å². The third-order valence-electron chi connectivity index (χ3n) is 10.1. The number of rotatable bonds is 10. The quantitative estimate of drug-likeness (QED) is 0.180. The van der Waals surface area contributed by atoms with Crippen LogP contribution in [-0.4, -0.2) is 24.7 Å². The lowest BCUT2D eigenvalue weighted by atomic mass is 9.79. The second-order valence-corrected chi connectivity index (χ2v) is 13.3. The Morgan fingerprint density at radius 3 is 2.69 bits per heavy atom. The summed E-state index contributed by atoms with van der Waals surface area (Å²) in [4.78, 5) is 14.8. The number of fused-ring (bicyclic) bond motifs is 4. The average Bonchev–Trinajstić information content (AvgIpc) is 3.56. The average molecular weight is 640 g/mol. The van der Waals surface area contributed by atoms with Crippen molar-refractivity contribution in [3.05, 3.63) is 185 Å². The molecule has 49 heavy (non-hydrogen) atoms. The van der Waals surface area contributed by atoms with Crippen molar-refractivity contribution in [2.45, 2.75) is 45.4 Å². The summed E-state index contributed by atoms with van der Waals surface area (Å²) in [5, 5.41) is 0. The van der Waals surface area contributed by atoms with E-state index in [0.717, 1.165) is 56.5 Å². The Labute approximate surface area is 292 Å². The minimum atomic E-state index is 0.227. The molecule has 244 valence electrons. The van der Waals surface area contributed by atoms with E-state index in [1.807, 2.05) is 37.3 Å². The molecular formula is C46H45N3. The zero-order valence-corrected chi connectivity index (χ0v) is 28.5. The van der Waals surface area contributed by atoms with Crippen molar-refractivity contribution in [1.29, 1.82) is 0 Å². The highest BCUT2D eigenvalue weighted by Crippen LogP contribution is 2.48. The lowest BCUT2D eigenvalue weighted by molar-refractivity contribution is 0.668. The van der Waals surface area contributed by atoms with Crippen LogP contribution in [0, 0.1) is 17.8 Å². The van der Waals surface area contributed by atoms with Gasteiger partial charge in [-0.15, -0.1) is 0 Å². The summed E-state index contributed by atoms with van der Waals surface area (Å²) >= 11 is 0. The van der Waals surface area contributed by atoms with E-state index in [1.165, 1.54) is 50.4 Å². The Morgan fingerprint density at radius 1 is 0.959 bits per heavy atom. The summed E-state index contributed by atoms with van der Waals surface area (Å²) < 4.78 is 0. The third kappa shape index (κ3) is 7.32. The molecule has 0 spiro atoms. The molecule has 0 N–H and O–H groups in total. The maximum absolute atomic E-state index is 5.36. The van der Waals surface area contributed by atoms with Crippen LogP contribution in [0.5, 0.6) is 0 Å². The molecule has 0 radical (unpaired) electrons. The van der Waals surface area contributed by atoms with Crippen molar-refractivity contribution in [3.63, 3.8) is 0 Å². The first-order chi connectivity index (χ1) is 24.2.